The summed E-state index contributed by atoms with van der Waals surface area (Å²) in [7, 11) is -12.8. The van der Waals surface area contributed by atoms with Gasteiger partial charge >= 0.3 is 0 Å². The van der Waals surface area contributed by atoms with Crippen molar-refractivity contribution in [2.24, 2.45) is 0 Å². The monoisotopic (exact) mass is 542 g/mol. The summed E-state index contributed by atoms with van der Waals surface area (Å²) in [6.45, 7) is 0. The molecule has 0 aliphatic rings. The summed E-state index contributed by atoms with van der Waals surface area (Å²) in [5.41, 5.74) is 1.49. The molecule has 4 aromatic carbocycles. The van der Waals surface area contributed by atoms with Gasteiger partial charge in [0, 0.05) is 10.8 Å². The Balaban J connectivity index is 2.04. The summed E-state index contributed by atoms with van der Waals surface area (Å²) in [4.78, 5) is 0. The minimum Gasteiger partial charge on any atom is -0.507 e. The first-order valence-electron chi connectivity index (χ1n) is 10.4. The van der Waals surface area contributed by atoms with Crippen LogP contribution in [0.25, 0.3) is 32.3 Å². The maximum absolute atomic E-state index is 11.4. The third-order valence-corrected chi connectivity index (χ3v) is 8.18. The van der Waals surface area contributed by atoms with Gasteiger partial charge in [-0.3, -0.25) is 13.7 Å². The van der Waals surface area contributed by atoms with Crippen molar-refractivity contribution < 1.29 is 44.0 Å². The minimum absolute atomic E-state index is 0.0759. The van der Waals surface area contributed by atoms with Crippen LogP contribution in [0.2, 0.25) is 0 Å². The fourth-order valence-corrected chi connectivity index (χ4v) is 5.97. The minimum atomic E-state index is -4.29. The molecule has 0 bridgehead atoms. The third-order valence-electron chi connectivity index (χ3n) is 6.02. The lowest BCUT2D eigenvalue weighted by Gasteiger charge is -2.19. The van der Waals surface area contributed by atoms with Gasteiger partial charge in [-0.25, -0.2) is 0 Å². The van der Waals surface area contributed by atoms with E-state index < -0.39 is 47.6 Å². The summed E-state index contributed by atoms with van der Waals surface area (Å²) in [6.07, 6.45) is -0.229. The van der Waals surface area contributed by atoms with Crippen molar-refractivity contribution in [2.45, 2.75) is 19.3 Å². The lowest BCUT2D eigenvalue weighted by Crippen LogP contribution is -2.10. The smallest absolute Gasteiger partial charge is 0.265 e. The highest BCUT2D eigenvalue weighted by Crippen LogP contribution is 2.42. The second kappa shape index (κ2) is 8.84. The van der Waals surface area contributed by atoms with Gasteiger partial charge in [-0.1, -0.05) is 24.3 Å². The Morgan fingerprint density at radius 2 is 0.829 bits per heavy atom. The van der Waals surface area contributed by atoms with Gasteiger partial charge in [0.05, 0.1) is 17.3 Å². The van der Waals surface area contributed by atoms with Crippen LogP contribution in [-0.4, -0.2) is 61.3 Å². The third kappa shape index (κ3) is 5.66. The van der Waals surface area contributed by atoms with Crippen molar-refractivity contribution in [1.82, 2.24) is 0 Å². The molecule has 0 amide bonds. The lowest BCUT2D eigenvalue weighted by molar-refractivity contribution is 0.478. The molecule has 0 aliphatic carbocycles. The van der Waals surface area contributed by atoms with Gasteiger partial charge < -0.3 is 5.11 Å². The fraction of sp³-hybridized carbons (Fsp3) is 0.273. The Bertz CT molecular complexity index is 1720. The number of phenolic OH excluding ortho intramolecular Hbond substituents is 1. The number of benzene rings is 4. The predicted octanol–water partition coefficient (Wildman–Crippen LogP) is 2.58. The summed E-state index contributed by atoms with van der Waals surface area (Å²) < 4.78 is 95.9. The largest absolute Gasteiger partial charge is 0.507 e. The predicted molar refractivity (Wildman–Crippen MR) is 132 cm³/mol. The zero-order valence-corrected chi connectivity index (χ0v) is 20.6. The van der Waals surface area contributed by atoms with Crippen LogP contribution >= 0.6 is 0 Å². The molecule has 4 aromatic rings. The Morgan fingerprint density at radius 1 is 0.514 bits per heavy atom. The van der Waals surface area contributed by atoms with Gasteiger partial charge in [-0.15, -0.1) is 0 Å². The van der Waals surface area contributed by atoms with Crippen LogP contribution in [0.4, 0.5) is 0 Å². The topological polar surface area (TPSA) is 183 Å². The summed E-state index contributed by atoms with van der Waals surface area (Å²) in [5, 5.41) is 14.1. The van der Waals surface area contributed by atoms with Crippen LogP contribution in [0.15, 0.2) is 36.4 Å². The molecule has 4 rings (SSSR count). The quantitative estimate of drug-likeness (QED) is 0.181. The van der Waals surface area contributed by atoms with Crippen molar-refractivity contribution in [3.05, 3.63) is 53.1 Å². The molecule has 35 heavy (non-hydrogen) atoms. The molecule has 0 atom stereocenters. The first-order chi connectivity index (χ1) is 16.1. The zero-order valence-electron chi connectivity index (χ0n) is 18.2. The molecule has 0 unspecified atom stereocenters. The molecule has 0 spiro atoms. The van der Waals surface area contributed by atoms with E-state index in [1.807, 2.05) is 0 Å². The van der Waals surface area contributed by atoms with Crippen LogP contribution in [0, 0.1) is 0 Å². The Morgan fingerprint density at radius 3 is 1.20 bits per heavy atom. The van der Waals surface area contributed by atoms with Crippen LogP contribution in [-0.2, 0) is 49.6 Å². The van der Waals surface area contributed by atoms with E-state index in [4.69, 9.17) is 0 Å². The number of rotatable bonds is 9. The Labute approximate surface area is 201 Å². The highest BCUT2D eigenvalue weighted by Gasteiger charge is 2.20. The number of phenols is 1. The molecule has 0 saturated carbocycles. The maximum atomic E-state index is 11.4. The van der Waals surface area contributed by atoms with E-state index in [1.165, 1.54) is 6.07 Å². The molecule has 13 heteroatoms. The number of aryl methyl sites for hydroxylation is 3. The second-order valence-electron chi connectivity index (χ2n) is 8.43. The molecule has 10 nitrogen and oxygen atoms in total. The summed E-state index contributed by atoms with van der Waals surface area (Å²) in [5.74, 6) is -1.82. The van der Waals surface area contributed by atoms with Crippen LogP contribution in [0.1, 0.15) is 16.7 Å². The molecular formula is C22H22O10S3. The van der Waals surface area contributed by atoms with E-state index in [9.17, 15) is 44.0 Å². The van der Waals surface area contributed by atoms with Gasteiger partial charge in [0.15, 0.2) is 0 Å². The molecule has 0 aliphatic heterocycles. The average molecular weight is 543 g/mol. The van der Waals surface area contributed by atoms with Gasteiger partial charge in [0.2, 0.25) is 0 Å². The van der Waals surface area contributed by atoms with E-state index in [0.29, 0.717) is 49.0 Å². The van der Waals surface area contributed by atoms with E-state index in [0.717, 1.165) is 0 Å². The molecular weight excluding hydrogens is 520 g/mol. The van der Waals surface area contributed by atoms with E-state index >= 15 is 0 Å². The van der Waals surface area contributed by atoms with Gasteiger partial charge in [-0.2, -0.15) is 25.3 Å². The zero-order chi connectivity index (χ0) is 25.8. The first kappa shape index (κ1) is 25.5. The van der Waals surface area contributed by atoms with Crippen molar-refractivity contribution >= 4 is 62.7 Å². The van der Waals surface area contributed by atoms with Crippen molar-refractivity contribution in [3.8, 4) is 5.75 Å². The van der Waals surface area contributed by atoms with Crippen LogP contribution in [0.5, 0.6) is 5.75 Å². The summed E-state index contributed by atoms with van der Waals surface area (Å²) in [6, 6.07) is 9.80. The molecule has 0 saturated heterocycles. The molecule has 188 valence electrons. The molecule has 0 aromatic heterocycles. The molecule has 0 fully saturated rings. The first-order valence-corrected chi connectivity index (χ1v) is 15.3. The van der Waals surface area contributed by atoms with Gasteiger partial charge in [-0.05, 0) is 69.6 Å². The van der Waals surface area contributed by atoms with Gasteiger partial charge in [0.1, 0.15) is 5.75 Å². The fourth-order valence-electron chi connectivity index (χ4n) is 4.54. The Hall–Kier alpha value is -2.55. The highest BCUT2D eigenvalue weighted by molar-refractivity contribution is 7.86. The number of aromatic hydroxyl groups is 1. The van der Waals surface area contributed by atoms with Crippen molar-refractivity contribution in [2.75, 3.05) is 17.3 Å². The Kier molecular flexibility index (Phi) is 6.45. The maximum Gasteiger partial charge on any atom is 0.265 e. The van der Waals surface area contributed by atoms with Crippen LogP contribution < -0.4 is 0 Å². The SMILES string of the molecule is O=S(=O)(O)CCc1cc(O)c2ccc3c(CCS(=O)(=O)O)cc(CCS(=O)(=O)O)c4ccc1c2c34. The van der Waals surface area contributed by atoms with E-state index in [1.54, 1.807) is 30.3 Å². The standard InChI is InChI=1S/C22H22O10S3/c23-20-12-15(7-10-35(30,31)32)18-2-1-16-13(5-8-33(24,25)26)11-14(6-9-34(27,28)29)17-3-4-19(20)22(18)21(16)17/h1-4,11-12,23H,5-10H2,(H,24,25,26)(H,27,28,29)(H,30,31,32). The average Bonchev–Trinajstić information content (AvgIpc) is 2.73. The lowest BCUT2D eigenvalue weighted by atomic mass is 9.86. The van der Waals surface area contributed by atoms with Crippen molar-refractivity contribution in [3.63, 3.8) is 0 Å². The highest BCUT2D eigenvalue weighted by atomic mass is 32.2. The molecule has 0 radical (unpaired) electrons. The van der Waals surface area contributed by atoms with E-state index in [2.05, 4.69) is 0 Å². The van der Waals surface area contributed by atoms with Gasteiger partial charge in [0.25, 0.3) is 30.4 Å². The van der Waals surface area contributed by atoms with Crippen molar-refractivity contribution in [1.29, 1.82) is 0 Å². The number of hydrogen-bond donors (Lipinski definition) is 4. The van der Waals surface area contributed by atoms with E-state index in [-0.39, 0.29) is 25.0 Å². The second-order valence-corrected chi connectivity index (χ2v) is 13.1. The number of hydrogen-bond acceptors (Lipinski definition) is 7. The summed E-state index contributed by atoms with van der Waals surface area (Å²) >= 11 is 0. The molecule has 0 heterocycles. The normalized spacial score (nSPS) is 13.3. The molecule has 4 N–H and O–H groups in total. The van der Waals surface area contributed by atoms with Crippen LogP contribution in [0.3, 0.4) is 0 Å².